The second-order valence-electron chi connectivity index (χ2n) is 3.83. The molecule has 1 atom stereocenters. The van der Waals surface area contributed by atoms with Crippen LogP contribution in [0.2, 0.25) is 0 Å². The molecule has 0 saturated carbocycles. The fourth-order valence-corrected chi connectivity index (χ4v) is 3.70. The van der Waals surface area contributed by atoms with Crippen LogP contribution in [0.4, 0.5) is 0 Å². The first-order chi connectivity index (χ1) is 6.73. The molecule has 1 aromatic rings. The van der Waals surface area contributed by atoms with E-state index in [0.29, 0.717) is 0 Å². The maximum Gasteiger partial charge on any atom is 0.255 e. The van der Waals surface area contributed by atoms with Crippen LogP contribution in [0.25, 0.3) is 0 Å². The van der Waals surface area contributed by atoms with Crippen LogP contribution in [0.1, 0.15) is 22.8 Å². The van der Waals surface area contributed by atoms with Gasteiger partial charge in [-0.2, -0.15) is 0 Å². The van der Waals surface area contributed by atoms with E-state index in [1.165, 1.54) is 5.56 Å². The van der Waals surface area contributed by atoms with E-state index in [1.54, 1.807) is 0 Å². The molecule has 0 spiro atoms. The topological polar surface area (TPSA) is 20.3 Å². The van der Waals surface area contributed by atoms with Gasteiger partial charge in [-0.25, -0.2) is 0 Å². The molecular formula is C11H11NOS. The molecule has 3 rings (SSSR count). The van der Waals surface area contributed by atoms with Gasteiger partial charge in [-0.3, -0.25) is 4.79 Å². The van der Waals surface area contributed by atoms with Crippen molar-refractivity contribution in [3.8, 4) is 0 Å². The molecule has 1 fully saturated rings. The van der Waals surface area contributed by atoms with Crippen LogP contribution < -0.4 is 0 Å². The largest absolute Gasteiger partial charge is 0.319 e. The van der Waals surface area contributed by atoms with Crippen LogP contribution in [0.5, 0.6) is 0 Å². The minimum Gasteiger partial charge on any atom is -0.319 e. The van der Waals surface area contributed by atoms with Crippen molar-refractivity contribution in [3.05, 3.63) is 35.4 Å². The lowest BCUT2D eigenvalue weighted by molar-refractivity contribution is 0.0739. The molecule has 14 heavy (non-hydrogen) atoms. The Hall–Kier alpha value is -0.960. The standard InChI is InChI=1S/C11H11NOS/c1-11-9-5-3-2-4-8(9)10(13)12(11)6-7-14-11/h2-5H,6-7H2,1H3/t11-/m1/s1. The van der Waals surface area contributed by atoms with E-state index in [1.807, 2.05) is 34.9 Å². The number of amides is 1. The van der Waals surface area contributed by atoms with Crippen LogP contribution >= 0.6 is 11.8 Å². The first-order valence-electron chi connectivity index (χ1n) is 4.79. The SMILES string of the molecule is C[C@]12SCCN1C(=O)c1ccccc12. The molecule has 0 radical (unpaired) electrons. The lowest BCUT2D eigenvalue weighted by Crippen LogP contribution is -2.33. The van der Waals surface area contributed by atoms with Crippen molar-refractivity contribution in [3.63, 3.8) is 0 Å². The molecule has 0 unspecified atom stereocenters. The molecule has 0 aliphatic carbocycles. The van der Waals surface area contributed by atoms with E-state index in [-0.39, 0.29) is 10.8 Å². The third-order valence-corrected chi connectivity index (χ3v) is 4.50. The van der Waals surface area contributed by atoms with Gasteiger partial charge in [-0.1, -0.05) is 18.2 Å². The van der Waals surface area contributed by atoms with Gasteiger partial charge in [0.05, 0.1) is 0 Å². The number of carbonyl (C=O) groups is 1. The van der Waals surface area contributed by atoms with E-state index < -0.39 is 0 Å². The van der Waals surface area contributed by atoms with E-state index in [0.717, 1.165) is 17.9 Å². The Labute approximate surface area is 87.3 Å². The van der Waals surface area contributed by atoms with E-state index >= 15 is 0 Å². The summed E-state index contributed by atoms with van der Waals surface area (Å²) in [5.41, 5.74) is 2.08. The molecule has 0 N–H and O–H groups in total. The van der Waals surface area contributed by atoms with Gasteiger partial charge < -0.3 is 4.90 Å². The summed E-state index contributed by atoms with van der Waals surface area (Å²) in [5, 5.41) is 0. The van der Waals surface area contributed by atoms with Crippen LogP contribution in [0.15, 0.2) is 24.3 Å². The van der Waals surface area contributed by atoms with Crippen molar-refractivity contribution in [2.24, 2.45) is 0 Å². The molecule has 2 aliphatic heterocycles. The van der Waals surface area contributed by atoms with Gasteiger partial charge in [-0.05, 0) is 13.0 Å². The van der Waals surface area contributed by atoms with Crippen LogP contribution in [-0.2, 0) is 4.87 Å². The predicted molar refractivity (Wildman–Crippen MR) is 57.3 cm³/mol. The molecule has 2 nitrogen and oxygen atoms in total. The van der Waals surface area contributed by atoms with Gasteiger partial charge >= 0.3 is 0 Å². The molecule has 3 heteroatoms. The van der Waals surface area contributed by atoms with Crippen molar-refractivity contribution in [2.75, 3.05) is 12.3 Å². The number of benzene rings is 1. The number of hydrogen-bond donors (Lipinski definition) is 0. The first-order valence-corrected chi connectivity index (χ1v) is 5.77. The van der Waals surface area contributed by atoms with Crippen molar-refractivity contribution >= 4 is 17.7 Å². The highest BCUT2D eigenvalue weighted by atomic mass is 32.2. The summed E-state index contributed by atoms with van der Waals surface area (Å²) in [5.74, 6) is 1.25. The first kappa shape index (κ1) is 8.36. The molecule has 1 aromatic carbocycles. The summed E-state index contributed by atoms with van der Waals surface area (Å²) in [6.07, 6.45) is 0. The molecular weight excluding hydrogens is 194 g/mol. The summed E-state index contributed by atoms with van der Waals surface area (Å²) < 4.78 is 0. The zero-order valence-corrected chi connectivity index (χ0v) is 8.80. The Bertz CT molecular complexity index is 418. The highest BCUT2D eigenvalue weighted by molar-refractivity contribution is 8.00. The monoisotopic (exact) mass is 205 g/mol. The number of nitrogens with zero attached hydrogens (tertiary/aromatic N) is 1. The van der Waals surface area contributed by atoms with Crippen LogP contribution in [0, 0.1) is 0 Å². The molecule has 0 bridgehead atoms. The molecule has 1 amide bonds. The minimum atomic E-state index is -0.0896. The Morgan fingerprint density at radius 3 is 3.07 bits per heavy atom. The highest BCUT2D eigenvalue weighted by Gasteiger charge is 2.49. The second kappa shape index (κ2) is 2.54. The number of carbonyl (C=O) groups excluding carboxylic acids is 1. The van der Waals surface area contributed by atoms with Gasteiger partial charge in [0.15, 0.2) is 0 Å². The number of thioether (sulfide) groups is 1. The zero-order chi connectivity index (χ0) is 9.76. The number of rotatable bonds is 0. The van der Waals surface area contributed by atoms with E-state index in [9.17, 15) is 4.79 Å². The normalized spacial score (nSPS) is 29.2. The van der Waals surface area contributed by atoms with Gasteiger partial charge in [0.1, 0.15) is 4.87 Å². The second-order valence-corrected chi connectivity index (χ2v) is 5.33. The lowest BCUT2D eigenvalue weighted by atomic mass is 10.1. The maximum atomic E-state index is 12.0. The van der Waals surface area contributed by atoms with Gasteiger partial charge in [0.25, 0.3) is 5.91 Å². The van der Waals surface area contributed by atoms with Gasteiger partial charge in [-0.15, -0.1) is 11.8 Å². The molecule has 2 heterocycles. The fourth-order valence-electron chi connectivity index (χ4n) is 2.36. The van der Waals surface area contributed by atoms with Crippen molar-refractivity contribution < 1.29 is 4.79 Å². The maximum absolute atomic E-state index is 12.0. The quantitative estimate of drug-likeness (QED) is 0.646. The van der Waals surface area contributed by atoms with Crippen molar-refractivity contribution in [1.82, 2.24) is 4.90 Å². The van der Waals surface area contributed by atoms with Gasteiger partial charge in [0, 0.05) is 23.4 Å². The lowest BCUT2D eigenvalue weighted by Gasteiger charge is -2.26. The summed E-state index contributed by atoms with van der Waals surface area (Å²) in [4.78, 5) is 13.9. The third-order valence-electron chi connectivity index (χ3n) is 3.12. The predicted octanol–water partition coefficient (Wildman–Crippen LogP) is 2.06. The summed E-state index contributed by atoms with van der Waals surface area (Å²) >= 11 is 1.87. The van der Waals surface area contributed by atoms with Crippen molar-refractivity contribution in [2.45, 2.75) is 11.8 Å². The number of fused-ring (bicyclic) bond motifs is 3. The highest BCUT2D eigenvalue weighted by Crippen LogP contribution is 2.50. The summed E-state index contributed by atoms with van der Waals surface area (Å²) in [6.45, 7) is 3.03. The van der Waals surface area contributed by atoms with E-state index in [2.05, 4.69) is 13.0 Å². The Balaban J connectivity index is 2.26. The molecule has 1 saturated heterocycles. The van der Waals surface area contributed by atoms with Crippen molar-refractivity contribution in [1.29, 1.82) is 0 Å². The van der Waals surface area contributed by atoms with Crippen LogP contribution in [0.3, 0.4) is 0 Å². The molecule has 2 aliphatic rings. The molecule has 0 aromatic heterocycles. The summed E-state index contributed by atoms with van der Waals surface area (Å²) in [7, 11) is 0. The average Bonchev–Trinajstić information content (AvgIpc) is 2.67. The third kappa shape index (κ3) is 0.811. The minimum absolute atomic E-state index is 0.0896. The Morgan fingerprint density at radius 1 is 1.43 bits per heavy atom. The smallest absolute Gasteiger partial charge is 0.255 e. The number of hydrogen-bond acceptors (Lipinski definition) is 2. The Morgan fingerprint density at radius 2 is 2.21 bits per heavy atom. The van der Waals surface area contributed by atoms with Gasteiger partial charge in [0.2, 0.25) is 0 Å². The molecule has 72 valence electrons. The van der Waals surface area contributed by atoms with E-state index in [4.69, 9.17) is 0 Å². The average molecular weight is 205 g/mol. The summed E-state index contributed by atoms with van der Waals surface area (Å²) in [6, 6.07) is 7.96. The fraction of sp³-hybridized carbons (Fsp3) is 0.364. The Kier molecular flexibility index (Phi) is 1.52. The zero-order valence-electron chi connectivity index (χ0n) is 7.99. The van der Waals surface area contributed by atoms with Crippen LogP contribution in [-0.4, -0.2) is 23.1 Å².